The summed E-state index contributed by atoms with van der Waals surface area (Å²) in [7, 11) is 1.59. The van der Waals surface area contributed by atoms with Crippen LogP contribution in [-0.2, 0) is 0 Å². The quantitative estimate of drug-likeness (QED) is 0.755. The second kappa shape index (κ2) is 7.66. The highest BCUT2D eigenvalue weighted by Crippen LogP contribution is 2.31. The van der Waals surface area contributed by atoms with E-state index in [1.807, 2.05) is 12.1 Å². The van der Waals surface area contributed by atoms with Gasteiger partial charge in [-0.05, 0) is 44.2 Å². The summed E-state index contributed by atoms with van der Waals surface area (Å²) < 4.78 is 5.11. The van der Waals surface area contributed by atoms with E-state index in [1.165, 1.54) is 19.3 Å². The van der Waals surface area contributed by atoms with Crippen LogP contribution in [0, 0.1) is 11.8 Å². The summed E-state index contributed by atoms with van der Waals surface area (Å²) in [4.78, 5) is 0. The third kappa shape index (κ3) is 4.11. The van der Waals surface area contributed by atoms with Gasteiger partial charge >= 0.3 is 0 Å². The molecule has 118 valence electrons. The van der Waals surface area contributed by atoms with Gasteiger partial charge in [-0.25, -0.2) is 0 Å². The Bertz CT molecular complexity index is 450. The van der Waals surface area contributed by atoms with Crippen molar-refractivity contribution in [1.29, 1.82) is 0 Å². The Kier molecular flexibility index (Phi) is 5.88. The van der Waals surface area contributed by atoms with E-state index in [2.05, 4.69) is 12.2 Å². The molecule has 3 N–H and O–H groups in total. The first-order chi connectivity index (χ1) is 10.2. The van der Waals surface area contributed by atoms with Crippen molar-refractivity contribution in [3.63, 3.8) is 0 Å². The van der Waals surface area contributed by atoms with Gasteiger partial charge in [-0.15, -0.1) is 0 Å². The van der Waals surface area contributed by atoms with Crippen molar-refractivity contribution in [2.45, 2.75) is 38.6 Å². The molecule has 1 aliphatic carbocycles. The summed E-state index contributed by atoms with van der Waals surface area (Å²) in [6, 6.07) is 5.49. The van der Waals surface area contributed by atoms with Crippen LogP contribution in [0.2, 0.25) is 0 Å². The Morgan fingerprint density at radius 3 is 2.62 bits per heavy atom. The SMILES string of the molecule is COc1ccc(C(C)NCC2CCCCC2CO)c(O)c1. The molecule has 0 heterocycles. The van der Waals surface area contributed by atoms with E-state index in [4.69, 9.17) is 4.74 Å². The Balaban J connectivity index is 1.93. The number of phenolic OH excluding ortho intramolecular Hbond substituents is 1. The lowest BCUT2D eigenvalue weighted by Crippen LogP contribution is -2.33. The molecule has 1 aliphatic rings. The molecule has 0 spiro atoms. The summed E-state index contributed by atoms with van der Waals surface area (Å²) in [5.41, 5.74) is 0.882. The van der Waals surface area contributed by atoms with E-state index in [0.717, 1.165) is 18.5 Å². The van der Waals surface area contributed by atoms with Crippen LogP contribution in [0.3, 0.4) is 0 Å². The van der Waals surface area contributed by atoms with Crippen LogP contribution in [0.5, 0.6) is 11.5 Å². The first-order valence-electron chi connectivity index (χ1n) is 7.86. The van der Waals surface area contributed by atoms with Gasteiger partial charge in [0.1, 0.15) is 11.5 Å². The maximum atomic E-state index is 10.1. The van der Waals surface area contributed by atoms with Crippen molar-refractivity contribution < 1.29 is 14.9 Å². The highest BCUT2D eigenvalue weighted by atomic mass is 16.5. The van der Waals surface area contributed by atoms with Crippen LogP contribution in [-0.4, -0.2) is 30.5 Å². The van der Waals surface area contributed by atoms with Crippen LogP contribution < -0.4 is 10.1 Å². The van der Waals surface area contributed by atoms with E-state index in [9.17, 15) is 10.2 Å². The van der Waals surface area contributed by atoms with Gasteiger partial charge < -0.3 is 20.3 Å². The van der Waals surface area contributed by atoms with Crippen molar-refractivity contribution in [2.24, 2.45) is 11.8 Å². The van der Waals surface area contributed by atoms with E-state index >= 15 is 0 Å². The van der Waals surface area contributed by atoms with E-state index < -0.39 is 0 Å². The van der Waals surface area contributed by atoms with Gasteiger partial charge in [0.15, 0.2) is 0 Å². The summed E-state index contributed by atoms with van der Waals surface area (Å²) in [5.74, 6) is 1.88. The molecule has 4 heteroatoms. The minimum absolute atomic E-state index is 0.0807. The van der Waals surface area contributed by atoms with Crippen LogP contribution in [0.4, 0.5) is 0 Å². The molecule has 1 aromatic rings. The number of hydrogen-bond donors (Lipinski definition) is 3. The molecule has 3 atom stereocenters. The molecule has 2 rings (SSSR count). The van der Waals surface area contributed by atoms with Crippen molar-refractivity contribution >= 4 is 0 Å². The smallest absolute Gasteiger partial charge is 0.124 e. The van der Waals surface area contributed by atoms with Crippen LogP contribution in [0.15, 0.2) is 18.2 Å². The molecule has 0 radical (unpaired) electrons. The fraction of sp³-hybridized carbons (Fsp3) is 0.647. The Morgan fingerprint density at radius 2 is 2.00 bits per heavy atom. The van der Waals surface area contributed by atoms with E-state index in [0.29, 0.717) is 17.6 Å². The van der Waals surface area contributed by atoms with Gasteiger partial charge in [0.2, 0.25) is 0 Å². The summed E-state index contributed by atoms with van der Waals surface area (Å²) in [6.07, 6.45) is 4.80. The van der Waals surface area contributed by atoms with Crippen LogP contribution in [0.25, 0.3) is 0 Å². The third-order valence-corrected chi connectivity index (χ3v) is 4.69. The van der Waals surface area contributed by atoms with Gasteiger partial charge in [0.25, 0.3) is 0 Å². The molecule has 4 nitrogen and oxygen atoms in total. The zero-order valence-corrected chi connectivity index (χ0v) is 13.0. The van der Waals surface area contributed by atoms with E-state index in [1.54, 1.807) is 13.2 Å². The molecule has 0 amide bonds. The summed E-state index contributed by atoms with van der Waals surface area (Å²) in [6.45, 7) is 3.23. The molecular weight excluding hydrogens is 266 g/mol. The largest absolute Gasteiger partial charge is 0.507 e. The van der Waals surface area contributed by atoms with Crippen molar-refractivity contribution in [1.82, 2.24) is 5.32 Å². The Labute approximate surface area is 127 Å². The summed E-state index contributed by atoms with van der Waals surface area (Å²) >= 11 is 0. The van der Waals surface area contributed by atoms with Crippen LogP contribution in [0.1, 0.15) is 44.2 Å². The number of methoxy groups -OCH3 is 1. The van der Waals surface area contributed by atoms with Crippen molar-refractivity contribution in [3.05, 3.63) is 23.8 Å². The second-order valence-electron chi connectivity index (χ2n) is 6.04. The Morgan fingerprint density at radius 1 is 1.29 bits per heavy atom. The molecule has 21 heavy (non-hydrogen) atoms. The zero-order chi connectivity index (χ0) is 15.2. The first-order valence-corrected chi connectivity index (χ1v) is 7.86. The average molecular weight is 293 g/mol. The van der Waals surface area contributed by atoms with Gasteiger partial charge in [0, 0.05) is 24.3 Å². The zero-order valence-electron chi connectivity index (χ0n) is 13.0. The minimum Gasteiger partial charge on any atom is -0.507 e. The third-order valence-electron chi connectivity index (χ3n) is 4.69. The monoisotopic (exact) mass is 293 g/mol. The van der Waals surface area contributed by atoms with Crippen molar-refractivity contribution in [3.8, 4) is 11.5 Å². The molecule has 0 aliphatic heterocycles. The number of hydrogen-bond acceptors (Lipinski definition) is 4. The van der Waals surface area contributed by atoms with Crippen LogP contribution >= 0.6 is 0 Å². The topological polar surface area (TPSA) is 61.7 Å². The molecule has 1 aromatic carbocycles. The summed E-state index contributed by atoms with van der Waals surface area (Å²) in [5, 5.41) is 23.0. The maximum Gasteiger partial charge on any atom is 0.124 e. The highest BCUT2D eigenvalue weighted by molar-refractivity contribution is 5.41. The molecule has 0 bridgehead atoms. The number of ether oxygens (including phenoxy) is 1. The predicted molar refractivity (Wildman–Crippen MR) is 83.6 cm³/mol. The average Bonchev–Trinajstić information content (AvgIpc) is 2.52. The maximum absolute atomic E-state index is 10.1. The molecule has 0 aromatic heterocycles. The number of nitrogens with one attached hydrogen (secondary N) is 1. The van der Waals surface area contributed by atoms with Gasteiger partial charge in [0.05, 0.1) is 7.11 Å². The first kappa shape index (κ1) is 16.1. The highest BCUT2D eigenvalue weighted by Gasteiger charge is 2.24. The van der Waals surface area contributed by atoms with Gasteiger partial charge in [-0.2, -0.15) is 0 Å². The number of aromatic hydroxyl groups is 1. The minimum atomic E-state index is 0.0807. The molecular formula is C17H27NO3. The molecule has 1 saturated carbocycles. The lowest BCUT2D eigenvalue weighted by atomic mass is 9.79. The standard InChI is InChI=1S/C17H27NO3/c1-12(16-8-7-15(21-2)9-17(16)20)18-10-13-5-3-4-6-14(13)11-19/h7-9,12-14,18-20H,3-6,10-11H2,1-2H3. The normalized spacial score (nSPS) is 23.8. The molecule has 3 unspecified atom stereocenters. The second-order valence-corrected chi connectivity index (χ2v) is 6.04. The van der Waals surface area contributed by atoms with Gasteiger partial charge in [-0.1, -0.05) is 18.9 Å². The molecule has 1 fully saturated rings. The predicted octanol–water partition coefficient (Wildman–Crippen LogP) is 2.85. The number of phenols is 1. The lowest BCUT2D eigenvalue weighted by Gasteiger charge is -2.31. The Hall–Kier alpha value is -1.26. The number of aliphatic hydroxyl groups is 1. The van der Waals surface area contributed by atoms with Gasteiger partial charge in [-0.3, -0.25) is 0 Å². The van der Waals surface area contributed by atoms with E-state index in [-0.39, 0.29) is 18.4 Å². The fourth-order valence-corrected chi connectivity index (χ4v) is 3.25. The lowest BCUT2D eigenvalue weighted by molar-refractivity contribution is 0.131. The number of benzene rings is 1. The fourth-order valence-electron chi connectivity index (χ4n) is 3.25. The molecule has 0 saturated heterocycles. The number of rotatable bonds is 6. The van der Waals surface area contributed by atoms with Crippen molar-refractivity contribution in [2.75, 3.05) is 20.3 Å². The number of aliphatic hydroxyl groups excluding tert-OH is 1.